The second-order valence-electron chi connectivity index (χ2n) is 3.58. The highest BCUT2D eigenvalue weighted by Gasteiger charge is 2.14. The first-order valence-electron chi connectivity index (χ1n) is 5.32. The largest absolute Gasteiger partial charge is 0.497 e. The van der Waals surface area contributed by atoms with Gasteiger partial charge in [-0.1, -0.05) is 22.9 Å². The molecule has 0 aliphatic rings. The van der Waals surface area contributed by atoms with E-state index in [9.17, 15) is 4.79 Å². The zero-order valence-electron chi connectivity index (χ0n) is 9.80. The summed E-state index contributed by atoms with van der Waals surface area (Å²) in [5, 5.41) is 3.70. The SMILES string of the molecule is CCC(CBr)NC(=O)c1cc(OC)ccc1Br. The fourth-order valence-corrected chi connectivity index (χ4v) is 2.36. The number of carbonyl (C=O) groups is 1. The first-order chi connectivity index (χ1) is 8.12. The molecule has 1 atom stereocenters. The van der Waals surface area contributed by atoms with Crippen LogP contribution in [-0.2, 0) is 0 Å². The molecule has 1 rings (SSSR count). The van der Waals surface area contributed by atoms with Gasteiger partial charge < -0.3 is 10.1 Å². The number of nitrogens with one attached hydrogen (secondary N) is 1. The third-order valence-electron chi connectivity index (χ3n) is 2.43. The van der Waals surface area contributed by atoms with E-state index in [1.165, 1.54) is 0 Å². The first-order valence-corrected chi connectivity index (χ1v) is 7.24. The molecule has 0 aromatic heterocycles. The quantitative estimate of drug-likeness (QED) is 0.813. The summed E-state index contributed by atoms with van der Waals surface area (Å²) >= 11 is 6.74. The van der Waals surface area contributed by atoms with Crippen LogP contribution in [0, 0.1) is 0 Å². The summed E-state index contributed by atoms with van der Waals surface area (Å²) < 4.78 is 5.87. The van der Waals surface area contributed by atoms with E-state index in [0.29, 0.717) is 11.3 Å². The van der Waals surface area contributed by atoms with Crippen molar-refractivity contribution in [2.45, 2.75) is 19.4 Å². The molecule has 94 valence electrons. The number of rotatable bonds is 5. The van der Waals surface area contributed by atoms with Crippen LogP contribution in [0.15, 0.2) is 22.7 Å². The van der Waals surface area contributed by atoms with Gasteiger partial charge >= 0.3 is 0 Å². The van der Waals surface area contributed by atoms with E-state index in [2.05, 4.69) is 37.2 Å². The smallest absolute Gasteiger partial charge is 0.252 e. The maximum absolute atomic E-state index is 12.0. The molecular weight excluding hydrogens is 350 g/mol. The Morgan fingerprint density at radius 3 is 2.76 bits per heavy atom. The van der Waals surface area contributed by atoms with Gasteiger partial charge in [0.05, 0.1) is 12.7 Å². The number of ether oxygens (including phenoxy) is 1. The Bertz CT molecular complexity index is 392. The lowest BCUT2D eigenvalue weighted by Crippen LogP contribution is -2.35. The Balaban J connectivity index is 2.87. The van der Waals surface area contributed by atoms with Crippen LogP contribution in [-0.4, -0.2) is 24.4 Å². The minimum absolute atomic E-state index is 0.0953. The number of hydrogen-bond donors (Lipinski definition) is 1. The fraction of sp³-hybridized carbons (Fsp3) is 0.417. The lowest BCUT2D eigenvalue weighted by Gasteiger charge is -2.15. The molecule has 0 fully saturated rings. The van der Waals surface area contributed by atoms with E-state index in [1.54, 1.807) is 13.2 Å². The zero-order chi connectivity index (χ0) is 12.8. The number of methoxy groups -OCH3 is 1. The average Bonchev–Trinajstić information content (AvgIpc) is 2.36. The van der Waals surface area contributed by atoms with E-state index in [4.69, 9.17) is 4.74 Å². The molecular formula is C12H15Br2NO2. The molecule has 1 amide bonds. The van der Waals surface area contributed by atoms with E-state index in [-0.39, 0.29) is 11.9 Å². The number of alkyl halides is 1. The zero-order valence-corrected chi connectivity index (χ0v) is 13.0. The molecule has 3 nitrogen and oxygen atoms in total. The Morgan fingerprint density at radius 1 is 1.53 bits per heavy atom. The Morgan fingerprint density at radius 2 is 2.24 bits per heavy atom. The van der Waals surface area contributed by atoms with E-state index in [0.717, 1.165) is 16.2 Å². The standard InChI is InChI=1S/C12H15Br2NO2/c1-3-8(7-13)15-12(16)10-6-9(17-2)4-5-11(10)14/h4-6,8H,3,7H2,1-2H3,(H,15,16). The second-order valence-corrected chi connectivity index (χ2v) is 5.08. The van der Waals surface area contributed by atoms with Gasteiger partial charge in [0.25, 0.3) is 5.91 Å². The van der Waals surface area contributed by atoms with Crippen molar-refractivity contribution in [2.75, 3.05) is 12.4 Å². The molecule has 5 heteroatoms. The second kappa shape index (κ2) is 7.01. The van der Waals surface area contributed by atoms with Crippen LogP contribution in [0.2, 0.25) is 0 Å². The highest BCUT2D eigenvalue weighted by molar-refractivity contribution is 9.10. The molecule has 0 heterocycles. The molecule has 0 radical (unpaired) electrons. The van der Waals surface area contributed by atoms with E-state index in [1.807, 2.05) is 19.1 Å². The van der Waals surface area contributed by atoms with Crippen LogP contribution in [0.3, 0.4) is 0 Å². The summed E-state index contributed by atoms with van der Waals surface area (Å²) in [6.45, 7) is 2.03. The molecule has 0 aliphatic heterocycles. The molecule has 1 N–H and O–H groups in total. The highest BCUT2D eigenvalue weighted by Crippen LogP contribution is 2.22. The number of carbonyl (C=O) groups excluding carboxylic acids is 1. The maximum atomic E-state index is 12.0. The van der Waals surface area contributed by atoms with Crippen molar-refractivity contribution >= 4 is 37.8 Å². The molecule has 1 unspecified atom stereocenters. The summed E-state index contributed by atoms with van der Waals surface area (Å²) in [4.78, 5) is 12.0. The molecule has 17 heavy (non-hydrogen) atoms. The lowest BCUT2D eigenvalue weighted by atomic mass is 10.1. The van der Waals surface area contributed by atoms with Crippen molar-refractivity contribution < 1.29 is 9.53 Å². The Labute approximate surface area is 118 Å². The van der Waals surface area contributed by atoms with Crippen LogP contribution in [0.1, 0.15) is 23.7 Å². The molecule has 0 saturated heterocycles. The Kier molecular flexibility index (Phi) is 5.98. The van der Waals surface area contributed by atoms with Gasteiger partial charge in [-0.2, -0.15) is 0 Å². The van der Waals surface area contributed by atoms with Crippen LogP contribution < -0.4 is 10.1 Å². The average molecular weight is 365 g/mol. The lowest BCUT2D eigenvalue weighted by molar-refractivity contribution is 0.0939. The van der Waals surface area contributed by atoms with E-state index >= 15 is 0 Å². The fourth-order valence-electron chi connectivity index (χ4n) is 1.32. The summed E-state index contributed by atoms with van der Waals surface area (Å²) in [6, 6.07) is 5.48. The van der Waals surface area contributed by atoms with Gasteiger partial charge in [-0.15, -0.1) is 0 Å². The van der Waals surface area contributed by atoms with Crippen molar-refractivity contribution in [1.82, 2.24) is 5.32 Å². The van der Waals surface area contributed by atoms with Crippen molar-refractivity contribution in [3.05, 3.63) is 28.2 Å². The predicted molar refractivity (Wildman–Crippen MR) is 76.0 cm³/mol. The van der Waals surface area contributed by atoms with Gasteiger partial charge in [0.1, 0.15) is 5.75 Å². The first kappa shape index (κ1) is 14.5. The molecule has 0 bridgehead atoms. The van der Waals surface area contributed by atoms with Gasteiger partial charge in [-0.05, 0) is 40.5 Å². The summed E-state index contributed by atoms with van der Waals surface area (Å²) in [7, 11) is 1.58. The third-order valence-corrected chi connectivity index (χ3v) is 3.91. The maximum Gasteiger partial charge on any atom is 0.252 e. The van der Waals surface area contributed by atoms with Gasteiger partial charge in [0, 0.05) is 15.8 Å². The van der Waals surface area contributed by atoms with Crippen molar-refractivity contribution in [3.8, 4) is 5.75 Å². The van der Waals surface area contributed by atoms with Crippen LogP contribution in [0.4, 0.5) is 0 Å². The minimum Gasteiger partial charge on any atom is -0.497 e. The third kappa shape index (κ3) is 4.00. The molecule has 0 saturated carbocycles. The van der Waals surface area contributed by atoms with Crippen molar-refractivity contribution in [1.29, 1.82) is 0 Å². The molecule has 0 aliphatic carbocycles. The van der Waals surface area contributed by atoms with Crippen molar-refractivity contribution in [2.24, 2.45) is 0 Å². The monoisotopic (exact) mass is 363 g/mol. The number of benzene rings is 1. The summed E-state index contributed by atoms with van der Waals surface area (Å²) in [5.74, 6) is 0.576. The summed E-state index contributed by atoms with van der Waals surface area (Å²) in [5.41, 5.74) is 0.587. The van der Waals surface area contributed by atoms with Crippen molar-refractivity contribution in [3.63, 3.8) is 0 Å². The van der Waals surface area contributed by atoms with Gasteiger partial charge in [-0.3, -0.25) is 4.79 Å². The Hall–Kier alpha value is -0.550. The normalized spacial score (nSPS) is 12.0. The number of hydrogen-bond acceptors (Lipinski definition) is 2. The van der Waals surface area contributed by atoms with E-state index < -0.39 is 0 Å². The highest BCUT2D eigenvalue weighted by atomic mass is 79.9. The predicted octanol–water partition coefficient (Wildman–Crippen LogP) is 3.36. The van der Waals surface area contributed by atoms with Crippen LogP contribution >= 0.6 is 31.9 Å². The molecule has 0 spiro atoms. The van der Waals surface area contributed by atoms with Crippen LogP contribution in [0.25, 0.3) is 0 Å². The number of amides is 1. The van der Waals surface area contributed by atoms with Crippen LogP contribution in [0.5, 0.6) is 5.75 Å². The molecule has 1 aromatic carbocycles. The van der Waals surface area contributed by atoms with Gasteiger partial charge in [0.15, 0.2) is 0 Å². The van der Waals surface area contributed by atoms with Gasteiger partial charge in [0.2, 0.25) is 0 Å². The summed E-state index contributed by atoms with van der Waals surface area (Å²) in [6.07, 6.45) is 0.887. The molecule has 1 aromatic rings. The van der Waals surface area contributed by atoms with Gasteiger partial charge in [-0.25, -0.2) is 0 Å². The topological polar surface area (TPSA) is 38.3 Å². The minimum atomic E-state index is -0.0953. The number of halogens is 2.